The molecule has 0 radical (unpaired) electrons. The largest absolute Gasteiger partial charge is 0.481 e. The molecule has 0 bridgehead atoms. The van der Waals surface area contributed by atoms with Crippen LogP contribution < -0.4 is 10.9 Å². The highest BCUT2D eigenvalue weighted by molar-refractivity contribution is 5.95. The number of amides is 1. The first-order valence-electron chi connectivity index (χ1n) is 7.01. The summed E-state index contributed by atoms with van der Waals surface area (Å²) in [5.74, 6) is -2.03. The lowest BCUT2D eigenvalue weighted by atomic mass is 9.84. The molecule has 7 heteroatoms. The summed E-state index contributed by atoms with van der Waals surface area (Å²) < 4.78 is 0. The van der Waals surface area contributed by atoms with Gasteiger partial charge in [-0.3, -0.25) is 14.4 Å². The molecule has 3 N–H and O–H groups in total. The highest BCUT2D eigenvalue weighted by atomic mass is 16.4. The van der Waals surface area contributed by atoms with Gasteiger partial charge in [0.1, 0.15) is 5.56 Å². The molecule has 2 unspecified atom stereocenters. The molecule has 1 aliphatic carbocycles. The summed E-state index contributed by atoms with van der Waals surface area (Å²) in [6.07, 6.45) is 2.88. The fourth-order valence-corrected chi connectivity index (χ4v) is 2.74. The molecule has 1 aromatic rings. The van der Waals surface area contributed by atoms with Crippen LogP contribution in [0.3, 0.4) is 0 Å². The van der Waals surface area contributed by atoms with Crippen LogP contribution in [0.25, 0.3) is 0 Å². The van der Waals surface area contributed by atoms with Gasteiger partial charge in [-0.15, -0.1) is 0 Å². The first kappa shape index (κ1) is 15.2. The molecule has 114 valence electrons. The Kier molecular flexibility index (Phi) is 4.40. The normalized spacial score (nSPS) is 21.8. The van der Waals surface area contributed by atoms with Gasteiger partial charge in [0.25, 0.3) is 11.5 Å². The predicted molar refractivity (Wildman–Crippen MR) is 75.2 cm³/mol. The molecular weight excluding hydrogens is 274 g/mol. The number of carboxylic acids is 1. The van der Waals surface area contributed by atoms with Crippen LogP contribution in [-0.2, 0) is 4.79 Å². The van der Waals surface area contributed by atoms with Gasteiger partial charge < -0.3 is 10.4 Å². The fourth-order valence-electron chi connectivity index (χ4n) is 2.74. The van der Waals surface area contributed by atoms with E-state index in [0.717, 1.165) is 12.8 Å². The second-order valence-electron chi connectivity index (χ2n) is 5.45. The number of rotatable bonds is 3. The van der Waals surface area contributed by atoms with Gasteiger partial charge in [0.15, 0.2) is 0 Å². The summed E-state index contributed by atoms with van der Waals surface area (Å²) in [4.78, 5) is 35.4. The molecule has 1 saturated carbocycles. The Morgan fingerprint density at radius 1 is 1.29 bits per heavy atom. The van der Waals surface area contributed by atoms with Crippen molar-refractivity contribution in [2.75, 3.05) is 0 Å². The van der Waals surface area contributed by atoms with Gasteiger partial charge in [-0.1, -0.05) is 12.8 Å². The van der Waals surface area contributed by atoms with Crippen molar-refractivity contribution in [1.29, 1.82) is 0 Å². The number of aliphatic carboxylic acids is 1. The first-order valence-corrected chi connectivity index (χ1v) is 7.01. The van der Waals surface area contributed by atoms with Gasteiger partial charge in [0.2, 0.25) is 0 Å². The zero-order valence-electron chi connectivity index (χ0n) is 12.1. The number of carbonyl (C=O) groups is 2. The number of aromatic amines is 1. The van der Waals surface area contributed by atoms with E-state index in [0.29, 0.717) is 24.1 Å². The van der Waals surface area contributed by atoms with Crippen molar-refractivity contribution in [2.24, 2.45) is 5.92 Å². The Labute approximate surface area is 121 Å². The Balaban J connectivity index is 2.23. The number of nitrogens with one attached hydrogen (secondary N) is 2. The van der Waals surface area contributed by atoms with Gasteiger partial charge in [0.05, 0.1) is 11.6 Å². The molecule has 1 fully saturated rings. The topological polar surface area (TPSA) is 112 Å². The van der Waals surface area contributed by atoms with Crippen LogP contribution in [0.2, 0.25) is 0 Å². The summed E-state index contributed by atoms with van der Waals surface area (Å²) in [7, 11) is 0. The molecule has 1 amide bonds. The minimum Gasteiger partial charge on any atom is -0.481 e. The number of H-pyrrole nitrogens is 1. The molecular formula is C14H19N3O4. The highest BCUT2D eigenvalue weighted by Gasteiger charge is 2.32. The highest BCUT2D eigenvalue weighted by Crippen LogP contribution is 2.25. The maximum atomic E-state index is 12.3. The second-order valence-corrected chi connectivity index (χ2v) is 5.45. The molecule has 1 aromatic heterocycles. The number of hydrogen-bond acceptors (Lipinski definition) is 4. The number of carboxylic acid groups (broad SMARTS) is 1. The molecule has 2 rings (SSSR count). The van der Waals surface area contributed by atoms with Crippen molar-refractivity contribution in [3.05, 3.63) is 27.2 Å². The standard InChI is InChI=1S/C14H19N3O4/c1-7-8(2)16-17-13(19)11(7)12(18)15-10-6-4-3-5-9(10)14(20)21/h9-10H,3-6H2,1-2H3,(H,15,18)(H,17,19)(H,20,21). The Morgan fingerprint density at radius 3 is 2.62 bits per heavy atom. The number of aryl methyl sites for hydroxylation is 1. The molecule has 0 spiro atoms. The molecule has 1 aliphatic rings. The number of aromatic nitrogens is 2. The quantitative estimate of drug-likeness (QED) is 0.761. The molecule has 0 aromatic carbocycles. The van der Waals surface area contributed by atoms with Crippen molar-refractivity contribution < 1.29 is 14.7 Å². The molecule has 0 aliphatic heterocycles. The summed E-state index contributed by atoms with van der Waals surface area (Å²) in [6.45, 7) is 3.35. The third-order valence-electron chi connectivity index (χ3n) is 4.10. The molecule has 21 heavy (non-hydrogen) atoms. The van der Waals surface area contributed by atoms with E-state index in [2.05, 4.69) is 15.5 Å². The minimum atomic E-state index is -0.906. The molecule has 2 atom stereocenters. The lowest BCUT2D eigenvalue weighted by Crippen LogP contribution is -2.46. The molecule has 0 saturated heterocycles. The van der Waals surface area contributed by atoms with E-state index < -0.39 is 29.4 Å². The van der Waals surface area contributed by atoms with Crippen molar-refractivity contribution in [3.63, 3.8) is 0 Å². The van der Waals surface area contributed by atoms with E-state index in [9.17, 15) is 19.5 Å². The van der Waals surface area contributed by atoms with Crippen molar-refractivity contribution in [3.8, 4) is 0 Å². The van der Waals surface area contributed by atoms with E-state index in [1.807, 2.05) is 0 Å². The Bertz CT molecular complexity index is 623. The van der Waals surface area contributed by atoms with Crippen LogP contribution in [-0.4, -0.2) is 33.2 Å². The summed E-state index contributed by atoms with van der Waals surface area (Å²) in [5, 5.41) is 18.0. The van der Waals surface area contributed by atoms with Gasteiger partial charge in [-0.2, -0.15) is 5.10 Å². The molecule has 1 heterocycles. The zero-order valence-corrected chi connectivity index (χ0v) is 12.1. The molecule has 7 nitrogen and oxygen atoms in total. The zero-order chi connectivity index (χ0) is 15.6. The van der Waals surface area contributed by atoms with Gasteiger partial charge in [-0.25, -0.2) is 5.10 Å². The third-order valence-corrected chi connectivity index (χ3v) is 4.10. The number of carbonyl (C=O) groups excluding carboxylic acids is 1. The van der Waals surface area contributed by atoms with E-state index in [4.69, 9.17) is 0 Å². The van der Waals surface area contributed by atoms with E-state index >= 15 is 0 Å². The van der Waals surface area contributed by atoms with Crippen molar-refractivity contribution in [1.82, 2.24) is 15.5 Å². The lowest BCUT2D eigenvalue weighted by Gasteiger charge is -2.29. The summed E-state index contributed by atoms with van der Waals surface area (Å²) in [6, 6.07) is -0.434. The first-order chi connectivity index (χ1) is 9.91. The summed E-state index contributed by atoms with van der Waals surface area (Å²) in [5.41, 5.74) is 0.535. The van der Waals surface area contributed by atoms with Crippen LogP contribution in [0.1, 0.15) is 47.3 Å². The SMILES string of the molecule is Cc1n[nH]c(=O)c(C(=O)NC2CCCCC2C(=O)O)c1C. The van der Waals surface area contributed by atoms with Crippen LogP contribution >= 0.6 is 0 Å². The maximum absolute atomic E-state index is 12.3. The van der Waals surface area contributed by atoms with Crippen LogP contribution in [0.5, 0.6) is 0 Å². The van der Waals surface area contributed by atoms with Crippen LogP contribution in [0.4, 0.5) is 0 Å². The van der Waals surface area contributed by atoms with Gasteiger partial charge >= 0.3 is 5.97 Å². The van der Waals surface area contributed by atoms with E-state index in [-0.39, 0.29) is 5.56 Å². The van der Waals surface area contributed by atoms with Crippen molar-refractivity contribution >= 4 is 11.9 Å². The van der Waals surface area contributed by atoms with Crippen molar-refractivity contribution in [2.45, 2.75) is 45.6 Å². The Morgan fingerprint density at radius 2 is 1.95 bits per heavy atom. The smallest absolute Gasteiger partial charge is 0.308 e. The average Bonchev–Trinajstić information content (AvgIpc) is 2.43. The number of hydrogen-bond donors (Lipinski definition) is 3. The lowest BCUT2D eigenvalue weighted by molar-refractivity contribution is -0.143. The van der Waals surface area contributed by atoms with Crippen LogP contribution in [0.15, 0.2) is 4.79 Å². The average molecular weight is 293 g/mol. The maximum Gasteiger partial charge on any atom is 0.308 e. The predicted octanol–water partition coefficient (Wildman–Crippen LogP) is 0.760. The van der Waals surface area contributed by atoms with Crippen LogP contribution in [0, 0.1) is 19.8 Å². The Hall–Kier alpha value is -2.18. The number of nitrogens with zero attached hydrogens (tertiary/aromatic N) is 1. The third kappa shape index (κ3) is 3.12. The van der Waals surface area contributed by atoms with E-state index in [1.54, 1.807) is 13.8 Å². The summed E-state index contributed by atoms with van der Waals surface area (Å²) >= 11 is 0. The van der Waals surface area contributed by atoms with E-state index in [1.165, 1.54) is 0 Å². The fraction of sp³-hybridized carbons (Fsp3) is 0.571. The monoisotopic (exact) mass is 293 g/mol. The second kappa shape index (κ2) is 6.07. The van der Waals surface area contributed by atoms with Gasteiger partial charge in [0, 0.05) is 6.04 Å². The van der Waals surface area contributed by atoms with Gasteiger partial charge in [-0.05, 0) is 32.3 Å². The minimum absolute atomic E-state index is 0.0113.